The fourth-order valence-corrected chi connectivity index (χ4v) is 5.43. The van der Waals surface area contributed by atoms with Crippen molar-refractivity contribution >= 4 is 27.5 Å². The minimum atomic E-state index is -3.64. The SMILES string of the molecule is CCOc1ccc(N2C(=O)CN(S(C)(=O)=O)C[C@@]2(C)C(=O)NC2CCCCCCC2)cc1. The summed E-state index contributed by atoms with van der Waals surface area (Å²) < 4.78 is 31.1. The van der Waals surface area contributed by atoms with Gasteiger partial charge in [0.25, 0.3) is 0 Å². The summed E-state index contributed by atoms with van der Waals surface area (Å²) >= 11 is 0. The number of hydrogen-bond acceptors (Lipinski definition) is 5. The molecule has 1 atom stereocenters. The number of anilines is 1. The highest BCUT2D eigenvalue weighted by atomic mass is 32.2. The lowest BCUT2D eigenvalue weighted by Crippen LogP contribution is -2.70. The Morgan fingerprint density at radius 1 is 1.12 bits per heavy atom. The van der Waals surface area contributed by atoms with E-state index in [9.17, 15) is 18.0 Å². The van der Waals surface area contributed by atoms with Gasteiger partial charge < -0.3 is 10.1 Å². The molecule has 1 aliphatic heterocycles. The first kappa shape index (κ1) is 24.5. The van der Waals surface area contributed by atoms with Crippen LogP contribution in [0.15, 0.2) is 24.3 Å². The molecule has 0 aromatic heterocycles. The number of nitrogens with zero attached hydrogens (tertiary/aromatic N) is 2. The highest BCUT2D eigenvalue weighted by Gasteiger charge is 2.50. The van der Waals surface area contributed by atoms with Crippen LogP contribution in [-0.2, 0) is 19.6 Å². The van der Waals surface area contributed by atoms with Gasteiger partial charge in [-0.25, -0.2) is 8.42 Å². The van der Waals surface area contributed by atoms with Crippen molar-refractivity contribution in [1.82, 2.24) is 9.62 Å². The van der Waals surface area contributed by atoms with Crippen molar-refractivity contribution in [1.29, 1.82) is 0 Å². The number of hydrogen-bond donors (Lipinski definition) is 1. The zero-order valence-corrected chi connectivity index (χ0v) is 20.1. The van der Waals surface area contributed by atoms with Gasteiger partial charge in [0.1, 0.15) is 11.3 Å². The predicted octanol–water partition coefficient (Wildman–Crippen LogP) is 2.68. The summed E-state index contributed by atoms with van der Waals surface area (Å²) in [5.41, 5.74) is -0.824. The molecule has 1 aliphatic carbocycles. The lowest BCUT2D eigenvalue weighted by molar-refractivity contribution is -0.133. The van der Waals surface area contributed by atoms with Crippen molar-refractivity contribution in [2.75, 3.05) is 30.9 Å². The molecule has 1 N–H and O–H groups in total. The van der Waals surface area contributed by atoms with Gasteiger partial charge in [-0.05, 0) is 51.0 Å². The molecular weight excluding hydrogens is 430 g/mol. The molecule has 3 rings (SSSR count). The van der Waals surface area contributed by atoms with Crippen LogP contribution in [0, 0.1) is 0 Å². The highest BCUT2D eigenvalue weighted by Crippen LogP contribution is 2.32. The van der Waals surface area contributed by atoms with E-state index in [1.54, 1.807) is 31.2 Å². The molecule has 178 valence electrons. The van der Waals surface area contributed by atoms with E-state index in [1.807, 2.05) is 6.92 Å². The third-order valence-corrected chi connectivity index (χ3v) is 7.54. The summed E-state index contributed by atoms with van der Waals surface area (Å²) in [5.74, 6) is -0.0843. The van der Waals surface area contributed by atoms with Crippen LogP contribution < -0.4 is 15.0 Å². The quantitative estimate of drug-likeness (QED) is 0.697. The Labute approximate surface area is 191 Å². The van der Waals surface area contributed by atoms with Crippen molar-refractivity contribution in [2.24, 2.45) is 0 Å². The number of carbonyl (C=O) groups excluding carboxylic acids is 2. The second-order valence-corrected chi connectivity index (χ2v) is 11.0. The maximum Gasteiger partial charge on any atom is 0.247 e. The van der Waals surface area contributed by atoms with E-state index < -0.39 is 21.5 Å². The molecule has 1 saturated carbocycles. The molecule has 2 aliphatic rings. The normalized spacial score (nSPS) is 24.0. The summed E-state index contributed by atoms with van der Waals surface area (Å²) in [4.78, 5) is 28.2. The number of ether oxygens (including phenoxy) is 1. The number of rotatable bonds is 6. The van der Waals surface area contributed by atoms with Crippen LogP contribution in [0.5, 0.6) is 5.75 Å². The Morgan fingerprint density at radius 3 is 2.28 bits per heavy atom. The molecule has 8 nitrogen and oxygen atoms in total. The van der Waals surface area contributed by atoms with Gasteiger partial charge in [-0.3, -0.25) is 14.5 Å². The van der Waals surface area contributed by atoms with Gasteiger partial charge >= 0.3 is 0 Å². The molecule has 0 unspecified atom stereocenters. The van der Waals surface area contributed by atoms with Crippen LogP contribution in [0.4, 0.5) is 5.69 Å². The van der Waals surface area contributed by atoms with E-state index in [0.29, 0.717) is 18.0 Å². The average molecular weight is 466 g/mol. The van der Waals surface area contributed by atoms with Crippen molar-refractivity contribution < 1.29 is 22.7 Å². The minimum Gasteiger partial charge on any atom is -0.494 e. The first-order valence-electron chi connectivity index (χ1n) is 11.5. The molecule has 1 aromatic carbocycles. The molecule has 0 radical (unpaired) electrons. The molecule has 2 amide bonds. The second-order valence-electron chi connectivity index (χ2n) is 8.98. The van der Waals surface area contributed by atoms with Gasteiger partial charge in [0.2, 0.25) is 21.8 Å². The number of amides is 2. The van der Waals surface area contributed by atoms with Crippen molar-refractivity contribution in [2.45, 2.75) is 70.4 Å². The number of carbonyl (C=O) groups is 2. The van der Waals surface area contributed by atoms with Crippen LogP contribution in [-0.4, -0.2) is 62.1 Å². The van der Waals surface area contributed by atoms with E-state index in [2.05, 4.69) is 5.32 Å². The molecule has 1 saturated heterocycles. The summed E-state index contributed by atoms with van der Waals surface area (Å²) in [6, 6.07) is 7.01. The summed E-state index contributed by atoms with van der Waals surface area (Å²) in [6.07, 6.45) is 8.51. The smallest absolute Gasteiger partial charge is 0.247 e. The Hall–Kier alpha value is -2.13. The molecule has 0 bridgehead atoms. The van der Waals surface area contributed by atoms with Gasteiger partial charge in [0, 0.05) is 18.3 Å². The minimum absolute atomic E-state index is 0.0329. The van der Waals surface area contributed by atoms with E-state index in [1.165, 1.54) is 11.3 Å². The van der Waals surface area contributed by atoms with Crippen LogP contribution in [0.1, 0.15) is 58.8 Å². The molecule has 2 fully saturated rings. The standard InChI is InChI=1S/C23H35N3O5S/c1-4-31-20-14-12-19(13-15-20)26-21(27)16-25(32(3,29)30)17-23(26,2)22(28)24-18-10-8-6-5-7-9-11-18/h12-15,18H,4-11,16-17H2,1-3H3,(H,24,28)/t23-/m0/s1. The first-order chi connectivity index (χ1) is 15.1. The Morgan fingerprint density at radius 2 is 1.72 bits per heavy atom. The number of nitrogens with one attached hydrogen (secondary N) is 1. The van der Waals surface area contributed by atoms with Crippen molar-refractivity contribution in [3.05, 3.63) is 24.3 Å². The third-order valence-electron chi connectivity index (χ3n) is 6.34. The molecule has 9 heteroatoms. The van der Waals surface area contributed by atoms with Gasteiger partial charge in [-0.1, -0.05) is 32.1 Å². The summed E-state index contributed by atoms with van der Waals surface area (Å²) in [6.45, 7) is 3.67. The lowest BCUT2D eigenvalue weighted by atomic mass is 9.92. The Kier molecular flexibility index (Phi) is 7.82. The van der Waals surface area contributed by atoms with Gasteiger partial charge in [0.15, 0.2) is 0 Å². The zero-order valence-electron chi connectivity index (χ0n) is 19.3. The lowest BCUT2D eigenvalue weighted by Gasteiger charge is -2.47. The van der Waals surface area contributed by atoms with Gasteiger partial charge in [0.05, 0.1) is 19.4 Å². The fraction of sp³-hybridized carbons (Fsp3) is 0.652. The predicted molar refractivity (Wildman–Crippen MR) is 124 cm³/mol. The van der Waals surface area contributed by atoms with E-state index >= 15 is 0 Å². The number of benzene rings is 1. The molecule has 1 aromatic rings. The average Bonchev–Trinajstić information content (AvgIpc) is 2.70. The Balaban J connectivity index is 1.92. The molecule has 32 heavy (non-hydrogen) atoms. The zero-order chi connectivity index (χ0) is 23.4. The Bertz CT molecular complexity index is 910. The van der Waals surface area contributed by atoms with Gasteiger partial charge in [-0.2, -0.15) is 4.31 Å². The first-order valence-corrected chi connectivity index (χ1v) is 13.3. The summed E-state index contributed by atoms with van der Waals surface area (Å²) in [5, 5.41) is 3.14. The topological polar surface area (TPSA) is 96.0 Å². The number of sulfonamides is 1. The number of piperazine rings is 1. The maximum atomic E-state index is 13.6. The maximum absolute atomic E-state index is 13.6. The fourth-order valence-electron chi connectivity index (χ4n) is 4.60. The van der Waals surface area contributed by atoms with Gasteiger partial charge in [-0.15, -0.1) is 0 Å². The van der Waals surface area contributed by atoms with E-state index in [4.69, 9.17) is 4.74 Å². The van der Waals surface area contributed by atoms with Crippen LogP contribution in [0.3, 0.4) is 0 Å². The van der Waals surface area contributed by atoms with Crippen LogP contribution >= 0.6 is 0 Å². The van der Waals surface area contributed by atoms with Crippen LogP contribution in [0.25, 0.3) is 0 Å². The van der Waals surface area contributed by atoms with E-state index in [0.717, 1.165) is 49.1 Å². The third kappa shape index (κ3) is 5.61. The highest BCUT2D eigenvalue weighted by molar-refractivity contribution is 7.88. The van der Waals surface area contributed by atoms with Crippen LogP contribution in [0.2, 0.25) is 0 Å². The van der Waals surface area contributed by atoms with E-state index in [-0.39, 0.29) is 25.0 Å². The molecule has 1 heterocycles. The largest absolute Gasteiger partial charge is 0.494 e. The van der Waals surface area contributed by atoms with Crippen molar-refractivity contribution in [3.63, 3.8) is 0 Å². The summed E-state index contributed by atoms with van der Waals surface area (Å²) in [7, 11) is -3.64. The monoisotopic (exact) mass is 465 g/mol. The molecule has 0 spiro atoms. The second kappa shape index (κ2) is 10.2. The van der Waals surface area contributed by atoms with Crippen molar-refractivity contribution in [3.8, 4) is 5.75 Å². The molecular formula is C23H35N3O5S.